The Morgan fingerprint density at radius 2 is 2.05 bits per heavy atom. The second-order valence-corrected chi connectivity index (χ2v) is 4.17. The van der Waals surface area contributed by atoms with Crippen molar-refractivity contribution in [1.82, 2.24) is 16.0 Å². The molecule has 3 N–H and O–H groups in total. The zero-order valence-corrected chi connectivity index (χ0v) is 11.6. The van der Waals surface area contributed by atoms with Gasteiger partial charge >= 0.3 is 0 Å². The molecule has 1 aromatic rings. The van der Waals surface area contributed by atoms with Gasteiger partial charge in [-0.3, -0.25) is 14.4 Å². The van der Waals surface area contributed by atoms with Gasteiger partial charge in [-0.05, 0) is 26.0 Å². The highest BCUT2D eigenvalue weighted by molar-refractivity contribution is 5.92. The number of rotatable bonds is 7. The Morgan fingerprint density at radius 1 is 1.30 bits per heavy atom. The number of carbonyl (C=O) groups excluding carboxylic acids is 3. The van der Waals surface area contributed by atoms with E-state index < -0.39 is 6.04 Å². The van der Waals surface area contributed by atoms with Crippen LogP contribution in [0.2, 0.25) is 0 Å². The Morgan fingerprint density at radius 3 is 2.65 bits per heavy atom. The highest BCUT2D eigenvalue weighted by atomic mass is 16.3. The lowest BCUT2D eigenvalue weighted by molar-refractivity contribution is -0.128. The number of hydrogen-bond donors (Lipinski definition) is 3. The van der Waals surface area contributed by atoms with Crippen molar-refractivity contribution in [2.24, 2.45) is 0 Å². The van der Waals surface area contributed by atoms with E-state index in [2.05, 4.69) is 16.0 Å². The number of furan rings is 1. The van der Waals surface area contributed by atoms with Gasteiger partial charge in [-0.2, -0.15) is 0 Å². The molecular formula is C13H19N3O4. The lowest BCUT2D eigenvalue weighted by Gasteiger charge is -2.13. The van der Waals surface area contributed by atoms with Crippen LogP contribution in [0.5, 0.6) is 0 Å². The molecule has 0 aromatic carbocycles. The van der Waals surface area contributed by atoms with Crippen molar-refractivity contribution in [2.45, 2.75) is 26.3 Å². The van der Waals surface area contributed by atoms with Gasteiger partial charge in [0.1, 0.15) is 6.04 Å². The lowest BCUT2D eigenvalue weighted by atomic mass is 10.3. The normalized spacial score (nSPS) is 11.5. The number of hydrogen-bond acceptors (Lipinski definition) is 4. The third kappa shape index (κ3) is 5.13. The molecule has 1 atom stereocenters. The zero-order valence-electron chi connectivity index (χ0n) is 11.6. The summed E-state index contributed by atoms with van der Waals surface area (Å²) in [5.74, 6) is -0.718. The Hall–Kier alpha value is -2.31. The fourth-order valence-electron chi connectivity index (χ4n) is 1.49. The van der Waals surface area contributed by atoms with E-state index in [1.807, 2.05) is 0 Å². The molecule has 3 amide bonds. The summed E-state index contributed by atoms with van der Waals surface area (Å²) >= 11 is 0. The van der Waals surface area contributed by atoms with E-state index in [4.69, 9.17) is 4.42 Å². The summed E-state index contributed by atoms with van der Waals surface area (Å²) in [4.78, 5) is 34.5. The molecule has 110 valence electrons. The first-order chi connectivity index (χ1) is 9.54. The summed E-state index contributed by atoms with van der Waals surface area (Å²) in [6.45, 7) is 4.09. The second-order valence-electron chi connectivity index (χ2n) is 4.17. The fraction of sp³-hybridized carbons (Fsp3) is 0.462. The molecule has 0 aliphatic carbocycles. The average molecular weight is 281 g/mol. The molecule has 0 aliphatic heterocycles. The van der Waals surface area contributed by atoms with E-state index in [0.717, 1.165) is 0 Å². The first-order valence-electron chi connectivity index (χ1n) is 6.43. The number of nitrogens with one attached hydrogen (secondary N) is 3. The van der Waals surface area contributed by atoms with Gasteiger partial charge in [0, 0.05) is 19.5 Å². The van der Waals surface area contributed by atoms with Crippen LogP contribution >= 0.6 is 0 Å². The van der Waals surface area contributed by atoms with Gasteiger partial charge in [-0.1, -0.05) is 0 Å². The molecule has 0 fully saturated rings. The largest absolute Gasteiger partial charge is 0.459 e. The van der Waals surface area contributed by atoms with Crippen LogP contribution in [0.3, 0.4) is 0 Å². The van der Waals surface area contributed by atoms with Crippen molar-refractivity contribution in [2.75, 3.05) is 13.1 Å². The summed E-state index contributed by atoms with van der Waals surface area (Å²) in [6.07, 6.45) is 1.49. The molecule has 20 heavy (non-hydrogen) atoms. The van der Waals surface area contributed by atoms with Gasteiger partial charge in [0.2, 0.25) is 11.8 Å². The van der Waals surface area contributed by atoms with Crippen LogP contribution in [0.15, 0.2) is 22.8 Å². The maximum Gasteiger partial charge on any atom is 0.286 e. The monoisotopic (exact) mass is 281 g/mol. The quantitative estimate of drug-likeness (QED) is 0.657. The molecule has 1 unspecified atom stereocenters. The Kier molecular flexibility index (Phi) is 6.28. The van der Waals surface area contributed by atoms with E-state index >= 15 is 0 Å². The van der Waals surface area contributed by atoms with Gasteiger partial charge in [0.25, 0.3) is 5.91 Å². The smallest absolute Gasteiger partial charge is 0.286 e. The highest BCUT2D eigenvalue weighted by Gasteiger charge is 2.14. The van der Waals surface area contributed by atoms with Crippen LogP contribution < -0.4 is 16.0 Å². The van der Waals surface area contributed by atoms with Crippen molar-refractivity contribution in [1.29, 1.82) is 0 Å². The van der Waals surface area contributed by atoms with Crippen molar-refractivity contribution in [3.8, 4) is 0 Å². The molecular weight excluding hydrogens is 262 g/mol. The molecule has 0 radical (unpaired) electrons. The first-order valence-corrected chi connectivity index (χ1v) is 6.43. The van der Waals surface area contributed by atoms with Crippen molar-refractivity contribution < 1.29 is 18.8 Å². The molecule has 7 nitrogen and oxygen atoms in total. The topological polar surface area (TPSA) is 100 Å². The van der Waals surface area contributed by atoms with Crippen molar-refractivity contribution in [3.63, 3.8) is 0 Å². The minimum atomic E-state index is -0.594. The van der Waals surface area contributed by atoms with Crippen molar-refractivity contribution in [3.05, 3.63) is 24.2 Å². The van der Waals surface area contributed by atoms with E-state index in [9.17, 15) is 14.4 Å². The van der Waals surface area contributed by atoms with Gasteiger partial charge in [-0.25, -0.2) is 0 Å². The van der Waals surface area contributed by atoms with Crippen LogP contribution in [-0.2, 0) is 9.59 Å². The Bertz CT molecular complexity index is 456. The van der Waals surface area contributed by atoms with Gasteiger partial charge in [0.15, 0.2) is 5.76 Å². The van der Waals surface area contributed by atoms with Gasteiger partial charge < -0.3 is 20.4 Å². The summed E-state index contributed by atoms with van der Waals surface area (Å²) in [6, 6.07) is 2.55. The van der Waals surface area contributed by atoms with Gasteiger partial charge in [0.05, 0.1) is 6.26 Å². The minimum Gasteiger partial charge on any atom is -0.459 e. The Balaban J connectivity index is 2.23. The SMILES string of the molecule is CCNC(=O)C(C)NC(=O)CCNC(=O)c1ccco1. The maximum atomic E-state index is 11.6. The van der Waals surface area contributed by atoms with Crippen LogP contribution in [0.4, 0.5) is 0 Å². The van der Waals surface area contributed by atoms with Gasteiger partial charge in [-0.15, -0.1) is 0 Å². The van der Waals surface area contributed by atoms with Crippen LogP contribution in [0.1, 0.15) is 30.8 Å². The maximum absolute atomic E-state index is 11.6. The van der Waals surface area contributed by atoms with Crippen molar-refractivity contribution >= 4 is 17.7 Å². The first kappa shape index (κ1) is 15.7. The molecule has 1 rings (SSSR count). The summed E-state index contributed by atoms with van der Waals surface area (Å²) in [7, 11) is 0. The third-order valence-electron chi connectivity index (χ3n) is 2.50. The van der Waals surface area contributed by atoms with Crippen LogP contribution in [0.25, 0.3) is 0 Å². The summed E-state index contributed by atoms with van der Waals surface area (Å²) in [5.41, 5.74) is 0. The Labute approximate surface area is 117 Å². The number of likely N-dealkylation sites (N-methyl/N-ethyl adjacent to an activating group) is 1. The van der Waals surface area contributed by atoms with E-state index in [-0.39, 0.29) is 36.4 Å². The molecule has 0 aliphatic rings. The van der Waals surface area contributed by atoms with E-state index in [1.165, 1.54) is 12.3 Å². The molecule has 1 heterocycles. The third-order valence-corrected chi connectivity index (χ3v) is 2.50. The van der Waals surface area contributed by atoms with Crippen LogP contribution in [-0.4, -0.2) is 36.9 Å². The predicted molar refractivity (Wildman–Crippen MR) is 71.9 cm³/mol. The standard InChI is InChI=1S/C13H19N3O4/c1-3-14-12(18)9(2)16-11(17)6-7-15-13(19)10-5-4-8-20-10/h4-5,8-9H,3,6-7H2,1-2H3,(H,14,18)(H,15,19)(H,16,17). The van der Waals surface area contributed by atoms with Crippen LogP contribution in [0, 0.1) is 0 Å². The van der Waals surface area contributed by atoms with E-state index in [1.54, 1.807) is 19.9 Å². The molecule has 1 aromatic heterocycles. The summed E-state index contributed by atoms with van der Waals surface area (Å²) < 4.78 is 4.91. The highest BCUT2D eigenvalue weighted by Crippen LogP contribution is 1.98. The fourth-order valence-corrected chi connectivity index (χ4v) is 1.49. The number of carbonyl (C=O) groups is 3. The average Bonchev–Trinajstić information content (AvgIpc) is 2.92. The zero-order chi connectivity index (χ0) is 15.0. The minimum absolute atomic E-state index is 0.0934. The molecule has 0 spiro atoms. The second kappa shape index (κ2) is 7.98. The molecule has 0 saturated heterocycles. The number of amides is 3. The molecule has 0 bridgehead atoms. The lowest BCUT2D eigenvalue weighted by Crippen LogP contribution is -2.45. The summed E-state index contributed by atoms with van der Waals surface area (Å²) in [5, 5.41) is 7.70. The molecule has 7 heteroatoms. The molecule has 0 saturated carbocycles. The predicted octanol–water partition coefficient (Wildman–Crippen LogP) is 0.0403. The van der Waals surface area contributed by atoms with E-state index in [0.29, 0.717) is 6.54 Å².